The number of amides is 1. The van der Waals surface area contributed by atoms with E-state index in [4.69, 9.17) is 5.73 Å². The van der Waals surface area contributed by atoms with Gasteiger partial charge >= 0.3 is 6.09 Å². The number of hydrazine groups is 1. The summed E-state index contributed by atoms with van der Waals surface area (Å²) < 4.78 is 0. The Morgan fingerprint density at radius 3 is 1.84 bits per heavy atom. The lowest BCUT2D eigenvalue weighted by Gasteiger charge is -2.41. The molecule has 8 N–H and O–H groups in total. The summed E-state index contributed by atoms with van der Waals surface area (Å²) in [7, 11) is 0. The highest BCUT2D eigenvalue weighted by molar-refractivity contribution is 5.90. The van der Waals surface area contributed by atoms with Crippen LogP contribution in [0, 0.1) is 11.3 Å². The second-order valence-electron chi connectivity index (χ2n) is 10.6. The van der Waals surface area contributed by atoms with Gasteiger partial charge in [0.15, 0.2) is 5.78 Å². The van der Waals surface area contributed by atoms with Crippen molar-refractivity contribution in [3.05, 3.63) is 71.8 Å². The molecule has 0 aliphatic rings. The van der Waals surface area contributed by atoms with Crippen LogP contribution in [0.4, 0.5) is 4.79 Å². The van der Waals surface area contributed by atoms with Gasteiger partial charge < -0.3 is 31.3 Å². The van der Waals surface area contributed by atoms with Gasteiger partial charge in [-0.1, -0.05) is 74.5 Å². The zero-order valence-corrected chi connectivity index (χ0v) is 22.4. The predicted molar refractivity (Wildman–Crippen MR) is 143 cm³/mol. The Labute approximate surface area is 223 Å². The van der Waals surface area contributed by atoms with Gasteiger partial charge in [-0.3, -0.25) is 4.79 Å². The molecular formula is C28H41N3O7. The third-order valence-electron chi connectivity index (χ3n) is 7.28. The molecule has 1 amide bonds. The first kappa shape index (κ1) is 31.4. The summed E-state index contributed by atoms with van der Waals surface area (Å²) in [6.07, 6.45) is -5.48. The monoisotopic (exact) mass is 531 g/mol. The number of carbonyl (C=O) groups excluding carboxylic acids is 1. The van der Waals surface area contributed by atoms with Crippen LogP contribution >= 0.6 is 0 Å². The molecule has 0 bridgehead atoms. The van der Waals surface area contributed by atoms with Gasteiger partial charge in [0.2, 0.25) is 0 Å². The topological polar surface area (TPSA) is 177 Å². The number of aliphatic hydroxyl groups excluding tert-OH is 3. The van der Waals surface area contributed by atoms with Gasteiger partial charge in [-0.15, -0.1) is 0 Å². The van der Waals surface area contributed by atoms with Crippen LogP contribution in [-0.4, -0.2) is 79.0 Å². The Kier molecular flexibility index (Phi) is 11.0. The molecule has 0 spiro atoms. The summed E-state index contributed by atoms with van der Waals surface area (Å²) in [6.45, 7) is 5.29. The maximum atomic E-state index is 13.6. The number of nitrogens with two attached hydrogens (primary N) is 1. The minimum absolute atomic E-state index is 0.00476. The van der Waals surface area contributed by atoms with Gasteiger partial charge in [-0.25, -0.2) is 15.2 Å². The number of Topliss-reactive ketones (excluding diaryl/α,β-unsaturated/α-hetero) is 1. The van der Waals surface area contributed by atoms with Gasteiger partial charge in [-0.2, -0.15) is 0 Å². The van der Waals surface area contributed by atoms with Crippen LogP contribution in [0.25, 0.3) is 0 Å². The summed E-state index contributed by atoms with van der Waals surface area (Å²) in [4.78, 5) is 25.8. The maximum Gasteiger partial charge on any atom is 0.422 e. The quantitative estimate of drug-likeness (QED) is 0.140. The Morgan fingerprint density at radius 2 is 1.42 bits per heavy atom. The molecule has 6 unspecified atom stereocenters. The van der Waals surface area contributed by atoms with Gasteiger partial charge in [-0.05, 0) is 37.8 Å². The zero-order valence-electron chi connectivity index (χ0n) is 22.4. The van der Waals surface area contributed by atoms with Crippen LogP contribution in [0.2, 0.25) is 0 Å². The molecule has 0 aliphatic heterocycles. The Morgan fingerprint density at radius 1 is 0.947 bits per heavy atom. The highest BCUT2D eigenvalue weighted by atomic mass is 16.4. The van der Waals surface area contributed by atoms with Crippen LogP contribution in [-0.2, 0) is 17.6 Å². The van der Waals surface area contributed by atoms with E-state index in [0.29, 0.717) is 5.56 Å². The van der Waals surface area contributed by atoms with Crippen molar-refractivity contribution in [1.82, 2.24) is 10.4 Å². The molecular weight excluding hydrogens is 490 g/mol. The molecule has 2 aromatic carbocycles. The number of aliphatic hydroxyl groups is 4. The summed E-state index contributed by atoms with van der Waals surface area (Å²) >= 11 is 0. The zero-order chi connectivity index (χ0) is 28.7. The fourth-order valence-corrected chi connectivity index (χ4v) is 4.20. The second kappa shape index (κ2) is 13.3. The lowest BCUT2D eigenvalue weighted by molar-refractivity contribution is -0.161. The number of ketones is 1. The molecule has 0 radical (unpaired) electrons. The minimum atomic E-state index is -2.04. The molecule has 2 aromatic rings. The summed E-state index contributed by atoms with van der Waals surface area (Å²) in [6, 6.07) is 16.9. The Balaban J connectivity index is 2.38. The molecule has 6 atom stereocenters. The number of benzene rings is 2. The fraction of sp³-hybridized carbons (Fsp3) is 0.500. The van der Waals surface area contributed by atoms with Crippen molar-refractivity contribution in [3.63, 3.8) is 0 Å². The van der Waals surface area contributed by atoms with Gasteiger partial charge in [0.1, 0.15) is 5.60 Å². The number of rotatable bonds is 14. The van der Waals surface area contributed by atoms with E-state index in [-0.39, 0.29) is 12.8 Å². The van der Waals surface area contributed by atoms with E-state index >= 15 is 0 Å². The van der Waals surface area contributed by atoms with Crippen molar-refractivity contribution < 1.29 is 35.1 Å². The van der Waals surface area contributed by atoms with Gasteiger partial charge in [0, 0.05) is 5.41 Å². The first-order chi connectivity index (χ1) is 17.7. The standard InChI is InChI=1S/C28H41N3O7/c1-18(33)22(16-20-13-9-6-10-14-20)31(26(36)37)30-25(29)23(34)21(15-19-11-7-5-8-12-19)24(35)28(4,38)27(2,3)17-32/h5-14,18,21-23,25,30,32-34,38H,15-17,29H2,1-4H3,(H,36,37). The third kappa shape index (κ3) is 7.59. The van der Waals surface area contributed by atoms with Crippen LogP contribution in [0.3, 0.4) is 0 Å². The molecule has 0 saturated heterocycles. The molecule has 0 saturated carbocycles. The minimum Gasteiger partial charge on any atom is -0.464 e. The molecule has 10 nitrogen and oxygen atoms in total. The predicted octanol–water partition coefficient (Wildman–Crippen LogP) is 1.31. The number of hydrogen-bond donors (Lipinski definition) is 7. The van der Waals surface area contributed by atoms with Crippen LogP contribution in [0.1, 0.15) is 38.8 Å². The van der Waals surface area contributed by atoms with E-state index in [2.05, 4.69) is 5.43 Å². The lowest BCUT2D eigenvalue weighted by Crippen LogP contribution is -2.65. The Hall–Kier alpha value is -2.86. The van der Waals surface area contributed by atoms with Crippen molar-refractivity contribution in [2.24, 2.45) is 17.1 Å². The number of nitrogens with one attached hydrogen (secondary N) is 1. The molecule has 0 aromatic heterocycles. The van der Waals surface area contributed by atoms with Crippen molar-refractivity contribution in [1.29, 1.82) is 0 Å². The normalized spacial score (nSPS) is 17.5. The highest BCUT2D eigenvalue weighted by Crippen LogP contribution is 2.35. The second-order valence-corrected chi connectivity index (χ2v) is 10.6. The fourth-order valence-electron chi connectivity index (χ4n) is 4.20. The SMILES string of the molecule is CC(O)C(Cc1ccccc1)N(NC(N)C(O)C(Cc1ccccc1)C(=O)C(C)(O)C(C)(C)CO)C(=O)O. The van der Waals surface area contributed by atoms with E-state index in [0.717, 1.165) is 10.6 Å². The number of carbonyl (C=O) groups is 2. The van der Waals surface area contributed by atoms with Crippen LogP contribution in [0.5, 0.6) is 0 Å². The number of hydrogen-bond acceptors (Lipinski definition) is 8. The van der Waals surface area contributed by atoms with Crippen molar-refractivity contribution in [3.8, 4) is 0 Å². The molecule has 0 aliphatic carbocycles. The van der Waals surface area contributed by atoms with E-state index < -0.39 is 59.8 Å². The highest BCUT2D eigenvalue weighted by Gasteiger charge is 2.50. The lowest BCUT2D eigenvalue weighted by atomic mass is 9.69. The van der Waals surface area contributed by atoms with Gasteiger partial charge in [0.05, 0.1) is 36.9 Å². The summed E-state index contributed by atoms with van der Waals surface area (Å²) in [5.41, 5.74) is 6.99. The van der Waals surface area contributed by atoms with Crippen molar-refractivity contribution in [2.75, 3.05) is 6.61 Å². The summed E-state index contributed by atoms with van der Waals surface area (Å²) in [5, 5.41) is 53.3. The van der Waals surface area contributed by atoms with Crippen molar-refractivity contribution in [2.45, 2.75) is 70.6 Å². The smallest absolute Gasteiger partial charge is 0.422 e. The Bertz CT molecular complexity index is 1030. The summed E-state index contributed by atoms with van der Waals surface area (Å²) in [5.74, 6) is -2.00. The van der Waals surface area contributed by atoms with Gasteiger partial charge in [0.25, 0.3) is 0 Å². The van der Waals surface area contributed by atoms with Crippen LogP contribution in [0.15, 0.2) is 60.7 Å². The molecule has 10 heteroatoms. The number of nitrogens with zero attached hydrogens (tertiary/aromatic N) is 1. The van der Waals surface area contributed by atoms with E-state index in [9.17, 15) is 35.1 Å². The molecule has 38 heavy (non-hydrogen) atoms. The molecule has 210 valence electrons. The van der Waals surface area contributed by atoms with E-state index in [1.165, 1.54) is 27.7 Å². The first-order valence-electron chi connectivity index (χ1n) is 12.6. The average molecular weight is 532 g/mol. The maximum absolute atomic E-state index is 13.6. The van der Waals surface area contributed by atoms with Crippen LogP contribution < -0.4 is 11.2 Å². The molecule has 2 rings (SSSR count). The first-order valence-corrected chi connectivity index (χ1v) is 12.6. The molecule has 0 heterocycles. The largest absolute Gasteiger partial charge is 0.464 e. The number of carboxylic acid groups (broad SMARTS) is 1. The van der Waals surface area contributed by atoms with E-state index in [1.807, 2.05) is 6.07 Å². The third-order valence-corrected chi connectivity index (χ3v) is 7.28. The van der Waals surface area contributed by atoms with E-state index in [1.54, 1.807) is 54.6 Å². The molecule has 0 fully saturated rings. The average Bonchev–Trinajstić information content (AvgIpc) is 2.89. The van der Waals surface area contributed by atoms with Crippen molar-refractivity contribution >= 4 is 11.9 Å².